The third kappa shape index (κ3) is 2.01. The van der Waals surface area contributed by atoms with E-state index in [-0.39, 0.29) is 5.60 Å². The van der Waals surface area contributed by atoms with Gasteiger partial charge in [-0.3, -0.25) is 0 Å². The molecule has 0 aromatic heterocycles. The van der Waals surface area contributed by atoms with E-state index in [1.54, 1.807) is 0 Å². The molecule has 0 radical (unpaired) electrons. The molecule has 1 aromatic carbocycles. The summed E-state index contributed by atoms with van der Waals surface area (Å²) in [6.07, 6.45) is 8.74. The Kier molecular flexibility index (Phi) is 3.12. The lowest BCUT2D eigenvalue weighted by Gasteiger charge is -2.44. The number of ether oxygens (including phenoxy) is 1. The summed E-state index contributed by atoms with van der Waals surface area (Å²) in [5.41, 5.74) is 9.88. The third-order valence-electron chi connectivity index (χ3n) is 5.95. The minimum absolute atomic E-state index is 0.198. The maximum absolute atomic E-state index is 6.66. The van der Waals surface area contributed by atoms with Crippen molar-refractivity contribution in [3.8, 4) is 0 Å². The highest BCUT2D eigenvalue weighted by Gasteiger charge is 2.44. The highest BCUT2D eigenvalue weighted by atomic mass is 16.5. The quantitative estimate of drug-likeness (QED) is 0.895. The van der Waals surface area contributed by atoms with Gasteiger partial charge in [-0.2, -0.15) is 0 Å². The molecule has 0 amide bonds. The smallest absolute Gasteiger partial charge is 0.0685 e. The number of benzene rings is 1. The Morgan fingerprint density at radius 3 is 2.80 bits per heavy atom. The first-order valence-electron chi connectivity index (χ1n) is 8.25. The van der Waals surface area contributed by atoms with E-state index >= 15 is 0 Å². The van der Waals surface area contributed by atoms with E-state index in [1.165, 1.54) is 49.7 Å². The molecule has 3 atom stereocenters. The van der Waals surface area contributed by atoms with Crippen LogP contribution in [-0.2, 0) is 11.2 Å². The molecule has 0 bridgehead atoms. The second-order valence-electron chi connectivity index (χ2n) is 7.08. The van der Waals surface area contributed by atoms with Crippen LogP contribution in [0.2, 0.25) is 0 Å². The molecule has 2 nitrogen and oxygen atoms in total. The molecule has 1 heterocycles. The van der Waals surface area contributed by atoms with Crippen LogP contribution in [0.4, 0.5) is 0 Å². The fourth-order valence-electron chi connectivity index (χ4n) is 4.73. The Hall–Kier alpha value is -0.860. The van der Waals surface area contributed by atoms with E-state index in [2.05, 4.69) is 24.3 Å². The van der Waals surface area contributed by atoms with Crippen LogP contribution in [0.25, 0.3) is 0 Å². The lowest BCUT2D eigenvalue weighted by atomic mass is 9.67. The number of nitrogens with two attached hydrogens (primary N) is 1. The van der Waals surface area contributed by atoms with Crippen molar-refractivity contribution >= 4 is 0 Å². The lowest BCUT2D eigenvalue weighted by Crippen LogP contribution is -2.48. The molecule has 1 saturated carbocycles. The molecule has 1 saturated heterocycles. The molecule has 2 aliphatic carbocycles. The zero-order valence-corrected chi connectivity index (χ0v) is 12.2. The van der Waals surface area contributed by atoms with Crippen molar-refractivity contribution in [1.29, 1.82) is 0 Å². The van der Waals surface area contributed by atoms with Crippen LogP contribution in [0.1, 0.15) is 55.6 Å². The minimum atomic E-state index is 0.198. The molecule has 3 aliphatic rings. The fraction of sp³-hybridized carbons (Fsp3) is 0.667. The average Bonchev–Trinajstić information content (AvgIpc) is 2.88. The molecule has 4 rings (SSSR count). The largest absolute Gasteiger partial charge is 0.375 e. The molecule has 1 spiro atoms. The molecule has 2 heteroatoms. The van der Waals surface area contributed by atoms with Gasteiger partial charge < -0.3 is 10.5 Å². The van der Waals surface area contributed by atoms with Crippen LogP contribution in [0.3, 0.4) is 0 Å². The first-order chi connectivity index (χ1) is 9.77. The van der Waals surface area contributed by atoms with Crippen LogP contribution >= 0.6 is 0 Å². The molecule has 2 N–H and O–H groups in total. The van der Waals surface area contributed by atoms with Crippen molar-refractivity contribution in [2.75, 3.05) is 6.61 Å². The van der Waals surface area contributed by atoms with Crippen LogP contribution in [0, 0.1) is 5.92 Å². The Balaban J connectivity index is 1.48. The Morgan fingerprint density at radius 2 is 2.00 bits per heavy atom. The summed E-state index contributed by atoms with van der Waals surface area (Å²) in [5.74, 6) is 1.24. The van der Waals surface area contributed by atoms with Gasteiger partial charge in [-0.1, -0.05) is 37.1 Å². The van der Waals surface area contributed by atoms with Gasteiger partial charge in [0.15, 0.2) is 0 Å². The van der Waals surface area contributed by atoms with Gasteiger partial charge in [0.1, 0.15) is 0 Å². The molecule has 3 unspecified atom stereocenters. The summed E-state index contributed by atoms with van der Waals surface area (Å²) in [4.78, 5) is 0. The Labute approximate surface area is 121 Å². The van der Waals surface area contributed by atoms with E-state index < -0.39 is 0 Å². The topological polar surface area (TPSA) is 35.2 Å². The van der Waals surface area contributed by atoms with Crippen LogP contribution in [-0.4, -0.2) is 18.2 Å². The predicted octanol–water partition coefficient (Wildman–Crippen LogP) is 3.39. The van der Waals surface area contributed by atoms with Crippen LogP contribution < -0.4 is 5.73 Å². The van der Waals surface area contributed by atoms with Gasteiger partial charge in [-0.15, -0.1) is 0 Å². The van der Waals surface area contributed by atoms with Crippen molar-refractivity contribution in [1.82, 2.24) is 0 Å². The van der Waals surface area contributed by atoms with E-state index in [4.69, 9.17) is 10.5 Å². The Morgan fingerprint density at radius 1 is 1.20 bits per heavy atom. The third-order valence-corrected chi connectivity index (χ3v) is 5.95. The first-order valence-corrected chi connectivity index (χ1v) is 8.25. The molecular weight excluding hydrogens is 246 g/mol. The zero-order valence-electron chi connectivity index (χ0n) is 12.2. The van der Waals surface area contributed by atoms with Crippen LogP contribution in [0.5, 0.6) is 0 Å². The second-order valence-corrected chi connectivity index (χ2v) is 7.08. The maximum atomic E-state index is 6.66. The van der Waals surface area contributed by atoms with Gasteiger partial charge in [0.25, 0.3) is 0 Å². The van der Waals surface area contributed by atoms with E-state index in [9.17, 15) is 0 Å². The summed E-state index contributed by atoms with van der Waals surface area (Å²) >= 11 is 0. The highest BCUT2D eigenvalue weighted by molar-refractivity contribution is 5.41. The molecule has 1 aromatic rings. The lowest BCUT2D eigenvalue weighted by molar-refractivity contribution is -0.0975. The average molecular weight is 271 g/mol. The van der Waals surface area contributed by atoms with Gasteiger partial charge >= 0.3 is 0 Å². The minimum Gasteiger partial charge on any atom is -0.375 e. The molecular formula is C18H25NO. The van der Waals surface area contributed by atoms with Crippen molar-refractivity contribution in [2.45, 2.75) is 62.5 Å². The molecule has 108 valence electrons. The van der Waals surface area contributed by atoms with E-state index in [0.717, 1.165) is 13.0 Å². The number of fused-ring (bicyclic) bond motifs is 1. The molecule has 20 heavy (non-hydrogen) atoms. The van der Waals surface area contributed by atoms with Crippen molar-refractivity contribution in [3.63, 3.8) is 0 Å². The zero-order chi connectivity index (χ0) is 13.6. The number of rotatable bonds is 2. The molecule has 1 aliphatic heterocycles. The number of hydrogen-bond donors (Lipinski definition) is 1. The number of hydrogen-bond acceptors (Lipinski definition) is 2. The summed E-state index contributed by atoms with van der Waals surface area (Å²) in [6, 6.07) is 9.14. The second kappa shape index (κ2) is 4.85. The molecule has 2 fully saturated rings. The van der Waals surface area contributed by atoms with Gasteiger partial charge in [0, 0.05) is 18.6 Å². The maximum Gasteiger partial charge on any atom is 0.0685 e. The van der Waals surface area contributed by atoms with E-state index in [1.807, 2.05) is 0 Å². The summed E-state index contributed by atoms with van der Waals surface area (Å²) in [5, 5.41) is 0. The highest BCUT2D eigenvalue weighted by Crippen LogP contribution is 2.46. The predicted molar refractivity (Wildman–Crippen MR) is 80.7 cm³/mol. The SMILES string of the molecule is NC(C1CCOC2(CCCC2)C1)C1Cc2ccccc21. The van der Waals surface area contributed by atoms with Gasteiger partial charge in [-0.25, -0.2) is 0 Å². The van der Waals surface area contributed by atoms with Crippen LogP contribution in [0.15, 0.2) is 24.3 Å². The monoisotopic (exact) mass is 271 g/mol. The summed E-state index contributed by atoms with van der Waals surface area (Å²) in [7, 11) is 0. The Bertz CT molecular complexity index is 492. The van der Waals surface area contributed by atoms with Gasteiger partial charge in [0.2, 0.25) is 0 Å². The fourth-order valence-corrected chi connectivity index (χ4v) is 4.73. The van der Waals surface area contributed by atoms with E-state index in [0.29, 0.717) is 17.9 Å². The summed E-state index contributed by atoms with van der Waals surface area (Å²) in [6.45, 7) is 0.923. The summed E-state index contributed by atoms with van der Waals surface area (Å²) < 4.78 is 6.15. The first kappa shape index (κ1) is 12.8. The normalized spacial score (nSPS) is 32.6. The van der Waals surface area contributed by atoms with Gasteiger partial charge in [0.05, 0.1) is 5.60 Å². The van der Waals surface area contributed by atoms with Crippen molar-refractivity contribution in [3.05, 3.63) is 35.4 Å². The van der Waals surface area contributed by atoms with Gasteiger partial charge in [-0.05, 0) is 49.1 Å². The standard InChI is InChI=1S/C18H25NO/c19-17(16-11-13-5-1-2-6-15(13)16)14-7-10-20-18(12-14)8-3-4-9-18/h1-2,5-6,14,16-17H,3-4,7-12,19H2. The van der Waals surface area contributed by atoms with Crippen molar-refractivity contribution in [2.24, 2.45) is 11.7 Å². The van der Waals surface area contributed by atoms with Crippen molar-refractivity contribution < 1.29 is 4.74 Å².